The Kier molecular flexibility index (Phi) is 4.76. The first-order valence-electron chi connectivity index (χ1n) is 6.45. The first-order valence-corrected chi connectivity index (χ1v) is 6.45. The predicted molar refractivity (Wildman–Crippen MR) is 65.1 cm³/mol. The van der Waals surface area contributed by atoms with Gasteiger partial charge in [0.25, 0.3) is 0 Å². The van der Waals surface area contributed by atoms with Crippen molar-refractivity contribution in [1.29, 1.82) is 0 Å². The van der Waals surface area contributed by atoms with E-state index >= 15 is 0 Å². The molecule has 2 rings (SSSR count). The fourth-order valence-electron chi connectivity index (χ4n) is 2.48. The quantitative estimate of drug-likeness (QED) is 0.718. The van der Waals surface area contributed by atoms with Gasteiger partial charge in [-0.25, -0.2) is 0 Å². The Balaban J connectivity index is 1.83. The molecule has 2 aliphatic rings. The molecule has 100 valence electrons. The van der Waals surface area contributed by atoms with Gasteiger partial charge < -0.3 is 19.5 Å². The van der Waals surface area contributed by atoms with Gasteiger partial charge in [0, 0.05) is 32.2 Å². The zero-order valence-electron chi connectivity index (χ0n) is 10.8. The van der Waals surface area contributed by atoms with Crippen molar-refractivity contribution in [3.8, 4) is 0 Å². The van der Waals surface area contributed by atoms with Crippen LogP contribution in [0.1, 0.15) is 6.92 Å². The van der Waals surface area contributed by atoms with Crippen molar-refractivity contribution in [2.24, 2.45) is 0 Å². The van der Waals surface area contributed by atoms with Gasteiger partial charge >= 0.3 is 0 Å². The van der Waals surface area contributed by atoms with Gasteiger partial charge in [0.1, 0.15) is 0 Å². The van der Waals surface area contributed by atoms with Crippen LogP contribution in [-0.2, 0) is 9.47 Å². The average Bonchev–Trinajstić information content (AvgIpc) is 2.32. The highest BCUT2D eigenvalue weighted by Gasteiger charge is 2.29. The third kappa shape index (κ3) is 3.63. The van der Waals surface area contributed by atoms with Crippen LogP contribution in [0.2, 0.25) is 0 Å². The van der Waals surface area contributed by atoms with Crippen molar-refractivity contribution < 1.29 is 14.6 Å². The highest BCUT2D eigenvalue weighted by molar-refractivity contribution is 4.81. The molecule has 0 amide bonds. The number of rotatable bonds is 3. The molecule has 17 heavy (non-hydrogen) atoms. The minimum atomic E-state index is -0.0347. The second-order valence-electron chi connectivity index (χ2n) is 5.20. The number of aliphatic hydroxyl groups is 1. The van der Waals surface area contributed by atoms with E-state index in [2.05, 4.69) is 23.8 Å². The summed E-state index contributed by atoms with van der Waals surface area (Å²) in [4.78, 5) is 4.68. The van der Waals surface area contributed by atoms with Gasteiger partial charge in [-0.3, -0.25) is 4.90 Å². The Bertz CT molecular complexity index is 240. The summed E-state index contributed by atoms with van der Waals surface area (Å²) in [5, 5.41) is 9.15. The summed E-state index contributed by atoms with van der Waals surface area (Å²) in [5.74, 6) is 0. The van der Waals surface area contributed by atoms with Crippen molar-refractivity contribution in [3.05, 3.63) is 0 Å². The van der Waals surface area contributed by atoms with E-state index in [1.165, 1.54) is 0 Å². The smallest absolute Gasteiger partial charge is 0.0933 e. The normalized spacial score (nSPS) is 37.2. The fraction of sp³-hybridized carbons (Fsp3) is 1.00. The lowest BCUT2D eigenvalue weighted by Gasteiger charge is -2.40. The molecule has 0 radical (unpaired) electrons. The van der Waals surface area contributed by atoms with E-state index < -0.39 is 0 Å². The number of likely N-dealkylation sites (N-methyl/N-ethyl adjacent to an activating group) is 1. The number of ether oxygens (including phenoxy) is 2. The van der Waals surface area contributed by atoms with Crippen molar-refractivity contribution in [2.45, 2.75) is 25.2 Å². The van der Waals surface area contributed by atoms with E-state index in [-0.39, 0.29) is 18.8 Å². The zero-order chi connectivity index (χ0) is 12.3. The summed E-state index contributed by atoms with van der Waals surface area (Å²) >= 11 is 0. The van der Waals surface area contributed by atoms with Crippen molar-refractivity contribution in [1.82, 2.24) is 9.80 Å². The van der Waals surface area contributed by atoms with Crippen LogP contribution in [0.15, 0.2) is 0 Å². The summed E-state index contributed by atoms with van der Waals surface area (Å²) in [6, 6.07) is 0.411. The van der Waals surface area contributed by atoms with Crippen molar-refractivity contribution in [2.75, 3.05) is 53.0 Å². The lowest BCUT2D eigenvalue weighted by molar-refractivity contribution is -0.102. The molecule has 1 N–H and O–H groups in total. The Morgan fingerprint density at radius 2 is 2.06 bits per heavy atom. The monoisotopic (exact) mass is 244 g/mol. The molecule has 0 aliphatic carbocycles. The molecule has 0 bridgehead atoms. The SMILES string of the molecule is CC1COC(CO)CN1CC1CN(C)CCO1. The van der Waals surface area contributed by atoms with Crippen molar-refractivity contribution in [3.63, 3.8) is 0 Å². The standard InChI is InChI=1S/C12H24N2O3/c1-10-9-17-12(8-15)7-14(10)6-11-5-13(2)3-4-16-11/h10-12,15H,3-9H2,1-2H3. The van der Waals surface area contributed by atoms with E-state index in [0.29, 0.717) is 12.6 Å². The van der Waals surface area contributed by atoms with E-state index in [0.717, 1.165) is 32.8 Å². The molecule has 5 heteroatoms. The maximum absolute atomic E-state index is 9.15. The Labute approximate surface area is 103 Å². The molecule has 2 fully saturated rings. The Morgan fingerprint density at radius 3 is 2.76 bits per heavy atom. The number of hydrogen-bond acceptors (Lipinski definition) is 5. The average molecular weight is 244 g/mol. The fourth-order valence-corrected chi connectivity index (χ4v) is 2.48. The largest absolute Gasteiger partial charge is 0.394 e. The first kappa shape index (κ1) is 13.2. The highest BCUT2D eigenvalue weighted by atomic mass is 16.5. The lowest BCUT2D eigenvalue weighted by atomic mass is 10.1. The number of nitrogens with zero attached hydrogens (tertiary/aromatic N) is 2. The van der Waals surface area contributed by atoms with Gasteiger partial charge in [-0.1, -0.05) is 0 Å². The first-order chi connectivity index (χ1) is 8.19. The molecule has 3 atom stereocenters. The second kappa shape index (κ2) is 6.11. The van der Waals surface area contributed by atoms with Gasteiger partial charge in [-0.2, -0.15) is 0 Å². The predicted octanol–water partition coefficient (Wildman–Crippen LogP) is -0.601. The lowest BCUT2D eigenvalue weighted by Crippen LogP contribution is -2.54. The van der Waals surface area contributed by atoms with Crippen LogP contribution in [0, 0.1) is 0 Å². The molecule has 0 aromatic heterocycles. The summed E-state index contributed by atoms with van der Waals surface area (Å²) in [6.45, 7) is 7.56. The molecule has 5 nitrogen and oxygen atoms in total. The summed E-state index contributed by atoms with van der Waals surface area (Å²) < 4.78 is 11.3. The van der Waals surface area contributed by atoms with Crippen LogP contribution in [0.4, 0.5) is 0 Å². The van der Waals surface area contributed by atoms with Crippen LogP contribution < -0.4 is 0 Å². The van der Waals surface area contributed by atoms with Crippen molar-refractivity contribution >= 4 is 0 Å². The third-order valence-electron chi connectivity index (χ3n) is 3.62. The van der Waals surface area contributed by atoms with Gasteiger partial charge in [0.15, 0.2) is 0 Å². The maximum atomic E-state index is 9.15. The van der Waals surface area contributed by atoms with E-state index in [9.17, 15) is 0 Å². The van der Waals surface area contributed by atoms with Gasteiger partial charge in [0.2, 0.25) is 0 Å². The molecular weight excluding hydrogens is 220 g/mol. The minimum absolute atomic E-state index is 0.0347. The summed E-state index contributed by atoms with van der Waals surface area (Å²) in [5.41, 5.74) is 0. The summed E-state index contributed by atoms with van der Waals surface area (Å²) in [7, 11) is 2.13. The van der Waals surface area contributed by atoms with E-state index in [1.807, 2.05) is 0 Å². The molecule has 0 aromatic carbocycles. The topological polar surface area (TPSA) is 45.2 Å². The van der Waals surface area contributed by atoms with Crippen LogP contribution in [0.25, 0.3) is 0 Å². The Hall–Kier alpha value is -0.200. The van der Waals surface area contributed by atoms with Gasteiger partial charge in [-0.05, 0) is 14.0 Å². The molecular formula is C12H24N2O3. The molecule has 2 aliphatic heterocycles. The minimum Gasteiger partial charge on any atom is -0.394 e. The van der Waals surface area contributed by atoms with Crippen LogP contribution in [-0.4, -0.2) is 86.2 Å². The van der Waals surface area contributed by atoms with Crippen LogP contribution in [0.3, 0.4) is 0 Å². The van der Waals surface area contributed by atoms with Gasteiger partial charge in [0.05, 0.1) is 32.0 Å². The van der Waals surface area contributed by atoms with Gasteiger partial charge in [-0.15, -0.1) is 0 Å². The number of morpholine rings is 2. The van der Waals surface area contributed by atoms with E-state index in [1.54, 1.807) is 0 Å². The molecule has 0 spiro atoms. The Morgan fingerprint density at radius 1 is 1.24 bits per heavy atom. The van der Waals surface area contributed by atoms with Crippen LogP contribution >= 0.6 is 0 Å². The molecule has 2 heterocycles. The maximum Gasteiger partial charge on any atom is 0.0933 e. The molecule has 0 saturated carbocycles. The number of hydrogen-bond donors (Lipinski definition) is 1. The number of aliphatic hydroxyl groups excluding tert-OH is 1. The highest BCUT2D eigenvalue weighted by Crippen LogP contribution is 2.14. The zero-order valence-corrected chi connectivity index (χ0v) is 10.8. The third-order valence-corrected chi connectivity index (χ3v) is 3.62. The molecule has 3 unspecified atom stereocenters. The van der Waals surface area contributed by atoms with Crippen LogP contribution in [0.5, 0.6) is 0 Å². The van der Waals surface area contributed by atoms with E-state index in [4.69, 9.17) is 14.6 Å². The summed E-state index contributed by atoms with van der Waals surface area (Å²) in [6.07, 6.45) is 0.251. The molecule has 2 saturated heterocycles. The molecule has 0 aromatic rings. The second-order valence-corrected chi connectivity index (χ2v) is 5.20.